The van der Waals surface area contributed by atoms with Crippen molar-refractivity contribution in [3.05, 3.63) is 61.5 Å². The first-order valence-corrected chi connectivity index (χ1v) is 10.0. The predicted molar refractivity (Wildman–Crippen MR) is 104 cm³/mol. The predicted octanol–water partition coefficient (Wildman–Crippen LogP) is 4.42. The average Bonchev–Trinajstić information content (AvgIpc) is 3.27. The second-order valence-electron chi connectivity index (χ2n) is 6.09. The van der Waals surface area contributed by atoms with Crippen molar-refractivity contribution in [1.29, 1.82) is 0 Å². The van der Waals surface area contributed by atoms with Crippen LogP contribution in [0.5, 0.6) is 0 Å². The lowest BCUT2D eigenvalue weighted by atomic mass is 10.1. The van der Waals surface area contributed by atoms with E-state index < -0.39 is 23.6 Å². The number of hydrogen-bond donors (Lipinski definition) is 2. The molecule has 2 amide bonds. The van der Waals surface area contributed by atoms with E-state index in [0.29, 0.717) is 21.1 Å². The molecule has 0 fully saturated rings. The van der Waals surface area contributed by atoms with E-state index in [1.165, 1.54) is 17.1 Å². The lowest BCUT2D eigenvalue weighted by Crippen LogP contribution is -2.23. The van der Waals surface area contributed by atoms with Crippen molar-refractivity contribution in [1.82, 2.24) is 15.3 Å². The highest BCUT2D eigenvalue weighted by molar-refractivity contribution is 7.12. The summed E-state index contributed by atoms with van der Waals surface area (Å²) < 4.78 is 39.8. The van der Waals surface area contributed by atoms with E-state index in [9.17, 15) is 22.8 Å². The molecule has 0 spiro atoms. The number of halogens is 3. The van der Waals surface area contributed by atoms with E-state index in [-0.39, 0.29) is 17.8 Å². The van der Waals surface area contributed by atoms with Crippen LogP contribution in [0.1, 0.15) is 41.9 Å². The van der Waals surface area contributed by atoms with Gasteiger partial charge in [-0.15, -0.1) is 22.7 Å². The van der Waals surface area contributed by atoms with E-state index in [2.05, 4.69) is 20.6 Å². The Kier molecular flexibility index (Phi) is 5.99. The van der Waals surface area contributed by atoms with Gasteiger partial charge >= 0.3 is 6.18 Å². The molecule has 2 heterocycles. The molecule has 1 aromatic carbocycles. The van der Waals surface area contributed by atoms with Crippen LogP contribution in [0.25, 0.3) is 0 Å². The highest BCUT2D eigenvalue weighted by Gasteiger charge is 2.31. The van der Waals surface area contributed by atoms with Crippen LogP contribution in [0.3, 0.4) is 0 Å². The van der Waals surface area contributed by atoms with Gasteiger partial charge < -0.3 is 10.6 Å². The molecule has 3 rings (SSSR count). The lowest BCUT2D eigenvalue weighted by molar-refractivity contribution is -0.137. The monoisotopic (exact) mass is 440 g/mol. The molecule has 0 saturated carbocycles. The Hall–Kier alpha value is -2.79. The molecule has 29 heavy (non-hydrogen) atoms. The number of carbonyl (C=O) groups is 2. The normalized spacial score (nSPS) is 11.3. The van der Waals surface area contributed by atoms with Crippen molar-refractivity contribution in [3.8, 4) is 0 Å². The second-order valence-corrected chi connectivity index (χ2v) is 7.80. The van der Waals surface area contributed by atoms with Gasteiger partial charge in [-0.1, -0.05) is 0 Å². The van der Waals surface area contributed by atoms with Crippen molar-refractivity contribution in [2.24, 2.45) is 0 Å². The van der Waals surface area contributed by atoms with Gasteiger partial charge in [0.25, 0.3) is 11.8 Å². The molecule has 0 aliphatic rings. The number of aryl methyl sites for hydroxylation is 2. The van der Waals surface area contributed by atoms with Gasteiger partial charge in [0, 0.05) is 12.2 Å². The standard InChI is InChI=1S/C18H15F3N4O2S2/c1-9-14(28-7-23-9)16(26)22-6-11-3-12(18(19,20)21)5-13(4-11)25-17(27)15-10(2)24-8-29-15/h3-5,7-8H,6H2,1-2H3,(H,22,26)(H,25,27). The second kappa shape index (κ2) is 8.29. The van der Waals surface area contributed by atoms with E-state index in [0.717, 1.165) is 34.8 Å². The number of nitrogens with one attached hydrogen (secondary N) is 2. The van der Waals surface area contributed by atoms with Gasteiger partial charge in [0.05, 0.1) is 28.0 Å². The minimum absolute atomic E-state index is 0.0177. The van der Waals surface area contributed by atoms with Crippen LogP contribution < -0.4 is 10.6 Å². The van der Waals surface area contributed by atoms with Crippen LogP contribution >= 0.6 is 22.7 Å². The summed E-state index contributed by atoms with van der Waals surface area (Å²) in [4.78, 5) is 33.2. The quantitative estimate of drug-likeness (QED) is 0.615. The maximum absolute atomic E-state index is 13.3. The summed E-state index contributed by atoms with van der Waals surface area (Å²) in [7, 11) is 0. The molecule has 6 nitrogen and oxygen atoms in total. The van der Waals surface area contributed by atoms with Crippen LogP contribution in [-0.4, -0.2) is 21.8 Å². The third-order valence-electron chi connectivity index (χ3n) is 3.93. The average molecular weight is 440 g/mol. The lowest BCUT2D eigenvalue weighted by Gasteiger charge is -2.13. The summed E-state index contributed by atoms with van der Waals surface area (Å²) in [6.07, 6.45) is -4.60. The fourth-order valence-corrected chi connectivity index (χ4v) is 3.94. The van der Waals surface area contributed by atoms with Crippen LogP contribution in [0.4, 0.5) is 18.9 Å². The first-order valence-electron chi connectivity index (χ1n) is 8.26. The number of thiazole rings is 2. The van der Waals surface area contributed by atoms with E-state index in [1.807, 2.05) is 0 Å². The number of amides is 2. The molecule has 0 radical (unpaired) electrons. The number of benzene rings is 1. The van der Waals surface area contributed by atoms with Crippen LogP contribution in [0.15, 0.2) is 29.2 Å². The number of anilines is 1. The first-order chi connectivity index (χ1) is 13.6. The van der Waals surface area contributed by atoms with Crippen molar-refractivity contribution < 1.29 is 22.8 Å². The Balaban J connectivity index is 1.82. The van der Waals surface area contributed by atoms with Gasteiger partial charge in [0.2, 0.25) is 0 Å². The summed E-state index contributed by atoms with van der Waals surface area (Å²) in [5.41, 5.74) is 3.30. The number of hydrogen-bond acceptors (Lipinski definition) is 6. The fourth-order valence-electron chi connectivity index (χ4n) is 2.52. The zero-order valence-corrected chi connectivity index (χ0v) is 16.9. The molecule has 0 unspecified atom stereocenters. The largest absolute Gasteiger partial charge is 0.416 e. The molecule has 0 aliphatic carbocycles. The third kappa shape index (κ3) is 4.98. The molecule has 11 heteroatoms. The number of nitrogens with zero attached hydrogens (tertiary/aromatic N) is 2. The molecular weight excluding hydrogens is 425 g/mol. The zero-order chi connectivity index (χ0) is 21.2. The van der Waals surface area contributed by atoms with Gasteiger partial charge in [0.1, 0.15) is 9.75 Å². The van der Waals surface area contributed by atoms with Crippen molar-refractivity contribution in [2.75, 3.05) is 5.32 Å². The summed E-state index contributed by atoms with van der Waals surface area (Å²) in [6.45, 7) is 3.17. The van der Waals surface area contributed by atoms with E-state index in [1.54, 1.807) is 13.8 Å². The Morgan fingerprint density at radius 2 is 1.55 bits per heavy atom. The summed E-state index contributed by atoms with van der Waals surface area (Å²) >= 11 is 2.24. The highest BCUT2D eigenvalue weighted by atomic mass is 32.1. The molecule has 0 aliphatic heterocycles. The minimum atomic E-state index is -4.60. The van der Waals surface area contributed by atoms with Gasteiger partial charge in [0.15, 0.2) is 0 Å². The first kappa shape index (κ1) is 20.9. The van der Waals surface area contributed by atoms with E-state index in [4.69, 9.17) is 0 Å². The summed E-state index contributed by atoms with van der Waals surface area (Å²) in [5.74, 6) is -0.965. The Morgan fingerprint density at radius 1 is 0.966 bits per heavy atom. The fraction of sp³-hybridized carbons (Fsp3) is 0.222. The van der Waals surface area contributed by atoms with Gasteiger partial charge in [-0.05, 0) is 37.6 Å². The molecule has 152 valence electrons. The molecule has 0 atom stereocenters. The van der Waals surface area contributed by atoms with E-state index >= 15 is 0 Å². The highest BCUT2D eigenvalue weighted by Crippen LogP contribution is 2.32. The minimum Gasteiger partial charge on any atom is -0.347 e. The Bertz CT molecular complexity index is 1060. The third-order valence-corrected chi connectivity index (χ3v) is 5.79. The summed E-state index contributed by atoms with van der Waals surface area (Å²) in [6, 6.07) is 3.18. The maximum atomic E-state index is 13.3. The zero-order valence-electron chi connectivity index (χ0n) is 15.3. The molecule has 3 aromatic rings. The SMILES string of the molecule is Cc1ncsc1C(=O)NCc1cc(NC(=O)c2scnc2C)cc(C(F)(F)F)c1. The van der Waals surface area contributed by atoms with Crippen LogP contribution in [0, 0.1) is 13.8 Å². The van der Waals surface area contributed by atoms with Gasteiger partial charge in [-0.3, -0.25) is 9.59 Å². The number of alkyl halides is 3. The molecule has 2 N–H and O–H groups in total. The number of aromatic nitrogens is 2. The van der Waals surface area contributed by atoms with Crippen LogP contribution in [0.2, 0.25) is 0 Å². The van der Waals surface area contributed by atoms with Crippen molar-refractivity contribution >= 4 is 40.2 Å². The molecular formula is C18H15F3N4O2S2. The van der Waals surface area contributed by atoms with Gasteiger partial charge in [-0.25, -0.2) is 9.97 Å². The topological polar surface area (TPSA) is 84.0 Å². The van der Waals surface area contributed by atoms with Gasteiger partial charge in [-0.2, -0.15) is 13.2 Å². The Labute approximate surface area is 171 Å². The maximum Gasteiger partial charge on any atom is 0.416 e. The van der Waals surface area contributed by atoms with Crippen LogP contribution in [-0.2, 0) is 12.7 Å². The molecule has 2 aromatic heterocycles. The smallest absolute Gasteiger partial charge is 0.347 e. The van der Waals surface area contributed by atoms with Crippen molar-refractivity contribution in [2.45, 2.75) is 26.6 Å². The molecule has 0 saturated heterocycles. The Morgan fingerprint density at radius 3 is 2.07 bits per heavy atom. The number of carbonyl (C=O) groups excluding carboxylic acids is 2. The molecule has 0 bridgehead atoms. The van der Waals surface area contributed by atoms with Crippen molar-refractivity contribution in [3.63, 3.8) is 0 Å². The summed E-state index contributed by atoms with van der Waals surface area (Å²) in [5, 5.41) is 5.05. The number of rotatable bonds is 5.